The molecule has 2 heterocycles. The van der Waals surface area contributed by atoms with Crippen LogP contribution in [-0.2, 0) is 9.59 Å². The first-order chi connectivity index (χ1) is 16.2. The quantitative estimate of drug-likeness (QED) is 0.277. The van der Waals surface area contributed by atoms with Crippen molar-refractivity contribution in [1.82, 2.24) is 4.90 Å². The number of carbonyl (C=O) groups is 4. The van der Waals surface area contributed by atoms with E-state index >= 15 is 0 Å². The smallest absolute Gasteiger partial charge is 0.337 e. The van der Waals surface area contributed by atoms with Crippen LogP contribution in [0.2, 0.25) is 5.02 Å². The third kappa shape index (κ3) is 5.34. The van der Waals surface area contributed by atoms with Crippen molar-refractivity contribution in [2.75, 3.05) is 11.9 Å². The van der Waals surface area contributed by atoms with Crippen LogP contribution in [0.1, 0.15) is 16.1 Å². The van der Waals surface area contributed by atoms with Gasteiger partial charge in [0.25, 0.3) is 11.1 Å². The van der Waals surface area contributed by atoms with Crippen LogP contribution < -0.4 is 5.32 Å². The summed E-state index contributed by atoms with van der Waals surface area (Å²) in [6.07, 6.45) is 1.42. The van der Waals surface area contributed by atoms with Gasteiger partial charge in [0.15, 0.2) is 0 Å². The van der Waals surface area contributed by atoms with E-state index in [2.05, 4.69) is 27.9 Å². The van der Waals surface area contributed by atoms with E-state index in [1.54, 1.807) is 30.3 Å². The number of halogens is 2. The molecular weight excluding hydrogens is 595 g/mol. The fourth-order valence-electron chi connectivity index (χ4n) is 3.07. The van der Waals surface area contributed by atoms with Crippen LogP contribution in [0, 0.1) is 3.57 Å². The molecule has 1 aliphatic rings. The third-order valence-corrected chi connectivity index (χ3v) is 6.63. The molecule has 8 nitrogen and oxygen atoms in total. The molecule has 1 saturated heterocycles. The van der Waals surface area contributed by atoms with Crippen LogP contribution in [0.5, 0.6) is 0 Å². The van der Waals surface area contributed by atoms with E-state index in [-0.39, 0.29) is 15.5 Å². The Morgan fingerprint density at radius 3 is 2.53 bits per heavy atom. The minimum atomic E-state index is -1.14. The molecule has 0 radical (unpaired) electrons. The zero-order valence-electron chi connectivity index (χ0n) is 17.1. The minimum absolute atomic E-state index is 0.0306. The number of thioether (sulfide) groups is 1. The highest BCUT2D eigenvalue weighted by Crippen LogP contribution is 2.34. The van der Waals surface area contributed by atoms with Gasteiger partial charge in [0, 0.05) is 20.9 Å². The lowest BCUT2D eigenvalue weighted by atomic mass is 10.1. The normalized spacial score (nSPS) is 14.6. The summed E-state index contributed by atoms with van der Waals surface area (Å²) in [5.41, 5.74) is 1.08. The van der Waals surface area contributed by atoms with Crippen LogP contribution in [0.4, 0.5) is 10.5 Å². The topological polar surface area (TPSA) is 117 Å². The van der Waals surface area contributed by atoms with Crippen LogP contribution >= 0.6 is 46.0 Å². The number of benzene rings is 2. The Morgan fingerprint density at radius 1 is 1.12 bits per heavy atom. The van der Waals surface area contributed by atoms with Gasteiger partial charge in [0.1, 0.15) is 18.1 Å². The van der Waals surface area contributed by atoms with E-state index in [1.807, 2.05) is 12.1 Å². The summed E-state index contributed by atoms with van der Waals surface area (Å²) < 4.78 is 6.73. The van der Waals surface area contributed by atoms with Crippen molar-refractivity contribution in [3.63, 3.8) is 0 Å². The van der Waals surface area contributed by atoms with Gasteiger partial charge in [-0.2, -0.15) is 0 Å². The molecule has 11 heteroatoms. The maximum atomic E-state index is 12.7. The first-order valence-electron chi connectivity index (χ1n) is 9.65. The molecule has 0 unspecified atom stereocenters. The number of carboxylic acids is 1. The van der Waals surface area contributed by atoms with Crippen molar-refractivity contribution < 1.29 is 28.7 Å². The lowest BCUT2D eigenvalue weighted by Crippen LogP contribution is -2.36. The van der Waals surface area contributed by atoms with Gasteiger partial charge in [0.2, 0.25) is 5.91 Å². The van der Waals surface area contributed by atoms with Crippen LogP contribution in [0.25, 0.3) is 17.4 Å². The number of anilines is 1. The summed E-state index contributed by atoms with van der Waals surface area (Å²) in [6.45, 7) is -0.411. The molecule has 2 N–H and O–H groups in total. The number of nitrogens with one attached hydrogen (secondary N) is 1. The molecule has 3 aromatic rings. The number of carboxylic acid groups (broad SMARTS) is 1. The summed E-state index contributed by atoms with van der Waals surface area (Å²) in [6, 6.07) is 14.7. The standard InChI is InChI=1S/C23H14ClIN2O6S/c24-17-9-12(1-7-16(17)22(30)31)18-8-6-15(33-18)10-19-21(29)27(23(32)34-19)11-20(28)26-14-4-2-13(25)3-5-14/h1-10H,11H2,(H,26,28)(H,30,31)/b19-10-. The average Bonchev–Trinajstić information content (AvgIpc) is 3.35. The van der Waals surface area contributed by atoms with Crippen molar-refractivity contribution in [3.8, 4) is 11.3 Å². The fourth-order valence-corrected chi connectivity index (χ4v) is 4.51. The van der Waals surface area contributed by atoms with Gasteiger partial charge in [-0.1, -0.05) is 17.7 Å². The zero-order chi connectivity index (χ0) is 24.4. The molecule has 0 bridgehead atoms. The highest BCUT2D eigenvalue weighted by atomic mass is 127. The number of carbonyl (C=O) groups excluding carboxylic acids is 3. The fraction of sp³-hybridized carbons (Fsp3) is 0.0435. The van der Waals surface area contributed by atoms with Gasteiger partial charge in [-0.05, 0) is 82.9 Å². The number of aromatic carboxylic acids is 1. The average molecular weight is 609 g/mol. The molecule has 0 atom stereocenters. The summed E-state index contributed by atoms with van der Waals surface area (Å²) in [5, 5.41) is 11.2. The lowest BCUT2D eigenvalue weighted by molar-refractivity contribution is -0.127. The van der Waals surface area contributed by atoms with Crippen molar-refractivity contribution >= 4 is 80.7 Å². The van der Waals surface area contributed by atoms with E-state index in [0.717, 1.165) is 8.47 Å². The highest BCUT2D eigenvalue weighted by Gasteiger charge is 2.36. The Balaban J connectivity index is 1.45. The summed E-state index contributed by atoms with van der Waals surface area (Å²) in [5.74, 6) is -1.52. The molecule has 1 fully saturated rings. The van der Waals surface area contributed by atoms with E-state index in [1.165, 1.54) is 18.2 Å². The van der Waals surface area contributed by atoms with Crippen molar-refractivity contribution in [2.24, 2.45) is 0 Å². The monoisotopic (exact) mass is 608 g/mol. The molecular formula is C23H14ClIN2O6S. The predicted octanol–water partition coefficient (Wildman–Crippen LogP) is 5.58. The second-order valence-corrected chi connectivity index (χ2v) is 9.67. The third-order valence-electron chi connectivity index (χ3n) is 4.69. The molecule has 0 aliphatic carbocycles. The van der Waals surface area contributed by atoms with E-state index in [0.29, 0.717) is 34.5 Å². The number of hydrogen-bond donors (Lipinski definition) is 2. The highest BCUT2D eigenvalue weighted by molar-refractivity contribution is 14.1. The van der Waals surface area contributed by atoms with E-state index in [4.69, 9.17) is 21.1 Å². The number of imide groups is 1. The number of nitrogens with zero attached hydrogens (tertiary/aromatic N) is 1. The van der Waals surface area contributed by atoms with E-state index < -0.39 is 29.6 Å². The first kappa shape index (κ1) is 24.0. The summed E-state index contributed by atoms with van der Waals surface area (Å²) in [4.78, 5) is 49.4. The Bertz CT molecular complexity index is 1350. The molecule has 0 saturated carbocycles. The zero-order valence-corrected chi connectivity index (χ0v) is 20.8. The molecule has 1 aromatic heterocycles. The molecule has 3 amide bonds. The molecule has 4 rings (SSSR count). The van der Waals surface area contributed by atoms with Crippen LogP contribution in [0.15, 0.2) is 63.9 Å². The Kier molecular flexibility index (Phi) is 7.10. The largest absolute Gasteiger partial charge is 0.478 e. The van der Waals surface area contributed by atoms with Crippen LogP contribution in [-0.4, -0.2) is 39.6 Å². The predicted molar refractivity (Wildman–Crippen MR) is 137 cm³/mol. The van der Waals surface area contributed by atoms with Gasteiger partial charge in [-0.15, -0.1) is 0 Å². The second kappa shape index (κ2) is 10.0. The maximum Gasteiger partial charge on any atom is 0.337 e. The van der Waals surface area contributed by atoms with Gasteiger partial charge in [-0.3, -0.25) is 19.3 Å². The molecule has 172 valence electrons. The van der Waals surface area contributed by atoms with Crippen molar-refractivity contribution in [3.05, 3.63) is 79.4 Å². The number of hydrogen-bond acceptors (Lipinski definition) is 6. The maximum absolute atomic E-state index is 12.7. The van der Waals surface area contributed by atoms with Crippen molar-refractivity contribution in [2.45, 2.75) is 0 Å². The second-order valence-electron chi connectivity index (χ2n) is 7.02. The SMILES string of the molecule is O=C(CN1C(=O)S/C(=C\c2ccc(-c3ccc(C(=O)O)c(Cl)c3)o2)C1=O)Nc1ccc(I)cc1. The number of rotatable bonds is 6. The van der Waals surface area contributed by atoms with Crippen LogP contribution in [0.3, 0.4) is 0 Å². The number of furan rings is 1. The summed E-state index contributed by atoms with van der Waals surface area (Å²) in [7, 11) is 0. The Morgan fingerprint density at radius 2 is 1.85 bits per heavy atom. The molecule has 0 spiro atoms. The Hall–Kier alpha value is -3.09. The number of amides is 3. The van der Waals surface area contributed by atoms with Gasteiger partial charge in [0.05, 0.1) is 15.5 Å². The molecule has 1 aliphatic heterocycles. The van der Waals surface area contributed by atoms with Gasteiger partial charge < -0.3 is 14.8 Å². The van der Waals surface area contributed by atoms with Gasteiger partial charge in [-0.25, -0.2) is 4.79 Å². The van der Waals surface area contributed by atoms with Gasteiger partial charge >= 0.3 is 5.97 Å². The molecule has 34 heavy (non-hydrogen) atoms. The van der Waals surface area contributed by atoms with E-state index in [9.17, 15) is 19.2 Å². The summed E-state index contributed by atoms with van der Waals surface area (Å²) >= 11 is 8.86. The molecule has 2 aromatic carbocycles. The van der Waals surface area contributed by atoms with Crippen molar-refractivity contribution in [1.29, 1.82) is 0 Å². The Labute approximate surface area is 216 Å². The lowest BCUT2D eigenvalue weighted by Gasteiger charge is -2.12. The first-order valence-corrected chi connectivity index (χ1v) is 11.9. The minimum Gasteiger partial charge on any atom is -0.478 e.